The van der Waals surface area contributed by atoms with Gasteiger partial charge in [-0.2, -0.15) is 0 Å². The second-order valence-electron chi connectivity index (χ2n) is 6.87. The molecule has 2 aromatic rings. The number of hydrogen-bond donors (Lipinski definition) is 1. The number of nitrogens with one attached hydrogen (secondary N) is 1. The summed E-state index contributed by atoms with van der Waals surface area (Å²) < 4.78 is 1.07. The third-order valence-electron chi connectivity index (χ3n) is 5.04. The molecule has 7 heteroatoms. The van der Waals surface area contributed by atoms with Crippen LogP contribution in [0.25, 0.3) is 0 Å². The quantitative estimate of drug-likeness (QED) is 0.557. The lowest BCUT2D eigenvalue weighted by Crippen LogP contribution is -2.37. The highest BCUT2D eigenvalue weighted by Crippen LogP contribution is 2.27. The van der Waals surface area contributed by atoms with E-state index < -0.39 is 4.92 Å². The number of rotatable bonds is 5. The van der Waals surface area contributed by atoms with Crippen molar-refractivity contribution in [1.82, 2.24) is 4.90 Å². The Bertz CT molecular complexity index is 831. The third-order valence-corrected chi connectivity index (χ3v) is 5.57. The van der Waals surface area contributed by atoms with E-state index in [1.165, 1.54) is 11.6 Å². The molecule has 2 aromatic carbocycles. The first-order chi connectivity index (χ1) is 12.9. The Morgan fingerprint density at radius 3 is 2.52 bits per heavy atom. The van der Waals surface area contributed by atoms with Crippen LogP contribution in [0.3, 0.4) is 0 Å². The topological polar surface area (TPSA) is 75.5 Å². The van der Waals surface area contributed by atoms with Crippen molar-refractivity contribution in [2.24, 2.45) is 5.92 Å². The van der Waals surface area contributed by atoms with Crippen LogP contribution in [0.1, 0.15) is 24.0 Å². The van der Waals surface area contributed by atoms with Gasteiger partial charge in [-0.1, -0.05) is 34.1 Å². The van der Waals surface area contributed by atoms with Crippen LogP contribution in [0.5, 0.6) is 0 Å². The van der Waals surface area contributed by atoms with Crippen LogP contribution < -0.4 is 5.32 Å². The first-order valence-corrected chi connectivity index (χ1v) is 9.75. The van der Waals surface area contributed by atoms with Gasteiger partial charge >= 0.3 is 0 Å². The lowest BCUT2D eigenvalue weighted by molar-refractivity contribution is -0.385. The molecule has 0 aromatic heterocycles. The van der Waals surface area contributed by atoms with Gasteiger partial charge in [-0.15, -0.1) is 0 Å². The van der Waals surface area contributed by atoms with Gasteiger partial charge in [-0.3, -0.25) is 19.8 Å². The zero-order valence-corrected chi connectivity index (χ0v) is 16.7. The van der Waals surface area contributed by atoms with E-state index in [9.17, 15) is 14.9 Å². The van der Waals surface area contributed by atoms with Crippen molar-refractivity contribution in [1.29, 1.82) is 0 Å². The number of carbonyl (C=O) groups is 1. The first-order valence-electron chi connectivity index (χ1n) is 8.95. The summed E-state index contributed by atoms with van der Waals surface area (Å²) in [4.78, 5) is 25.6. The fourth-order valence-corrected chi connectivity index (χ4v) is 3.66. The molecule has 0 radical (unpaired) electrons. The highest BCUT2D eigenvalue weighted by Gasteiger charge is 2.26. The maximum Gasteiger partial charge on any atom is 0.274 e. The van der Waals surface area contributed by atoms with E-state index in [2.05, 4.69) is 38.3 Å². The number of nitro groups is 1. The molecule has 0 saturated carbocycles. The molecule has 27 heavy (non-hydrogen) atoms. The van der Waals surface area contributed by atoms with Crippen molar-refractivity contribution in [3.63, 3.8) is 0 Å². The highest BCUT2D eigenvalue weighted by atomic mass is 79.9. The monoisotopic (exact) mass is 431 g/mol. The standard InChI is InChI=1S/C20H22BrN3O3/c1-14-18(3-2-4-19(14)24(26)27)22-20(25)16-9-11-23(12-10-16)13-15-5-7-17(21)8-6-15/h2-8,16H,9-13H2,1H3,(H,22,25). The van der Waals surface area contributed by atoms with E-state index in [1.54, 1.807) is 19.1 Å². The predicted molar refractivity (Wildman–Crippen MR) is 109 cm³/mol. The molecule has 0 aliphatic carbocycles. The average molecular weight is 432 g/mol. The zero-order valence-electron chi connectivity index (χ0n) is 15.2. The molecule has 142 valence electrons. The molecule has 0 spiro atoms. The molecule has 1 fully saturated rings. The Labute approximate surface area is 166 Å². The van der Waals surface area contributed by atoms with Crippen LogP contribution in [0, 0.1) is 23.0 Å². The Morgan fingerprint density at radius 2 is 1.89 bits per heavy atom. The molecule has 1 N–H and O–H groups in total. The second kappa shape index (κ2) is 8.63. The lowest BCUT2D eigenvalue weighted by atomic mass is 9.95. The van der Waals surface area contributed by atoms with Crippen molar-refractivity contribution in [2.45, 2.75) is 26.3 Å². The summed E-state index contributed by atoms with van der Waals surface area (Å²) in [6.45, 7) is 4.27. The molecule has 1 amide bonds. The van der Waals surface area contributed by atoms with Crippen LogP contribution in [-0.2, 0) is 11.3 Å². The van der Waals surface area contributed by atoms with E-state index in [-0.39, 0.29) is 17.5 Å². The van der Waals surface area contributed by atoms with Gasteiger partial charge in [0.05, 0.1) is 16.2 Å². The number of likely N-dealkylation sites (tertiary alicyclic amines) is 1. The fraction of sp³-hybridized carbons (Fsp3) is 0.350. The van der Waals surface area contributed by atoms with Gasteiger partial charge in [0.1, 0.15) is 0 Å². The fourth-order valence-electron chi connectivity index (χ4n) is 3.39. The maximum atomic E-state index is 12.6. The molecular formula is C20H22BrN3O3. The van der Waals surface area contributed by atoms with Crippen LogP contribution in [0.4, 0.5) is 11.4 Å². The van der Waals surface area contributed by atoms with E-state index in [0.29, 0.717) is 11.3 Å². The first kappa shape index (κ1) is 19.5. The van der Waals surface area contributed by atoms with Crippen molar-refractivity contribution in [3.8, 4) is 0 Å². The smallest absolute Gasteiger partial charge is 0.274 e. The van der Waals surface area contributed by atoms with Crippen LogP contribution in [-0.4, -0.2) is 28.8 Å². The second-order valence-corrected chi connectivity index (χ2v) is 7.79. The molecule has 1 aliphatic heterocycles. The molecule has 1 heterocycles. The van der Waals surface area contributed by atoms with Gasteiger partial charge in [0, 0.05) is 23.0 Å². The molecule has 1 saturated heterocycles. The van der Waals surface area contributed by atoms with Gasteiger partial charge in [0.15, 0.2) is 0 Å². The number of benzene rings is 2. The SMILES string of the molecule is Cc1c(NC(=O)C2CCN(Cc3ccc(Br)cc3)CC2)cccc1[N+](=O)[O-]. The number of halogens is 1. The van der Waals surface area contributed by atoms with Gasteiger partial charge in [-0.25, -0.2) is 0 Å². The molecular weight excluding hydrogens is 410 g/mol. The van der Waals surface area contributed by atoms with E-state index in [4.69, 9.17) is 0 Å². The van der Waals surface area contributed by atoms with E-state index in [0.717, 1.165) is 36.9 Å². The summed E-state index contributed by atoms with van der Waals surface area (Å²) in [7, 11) is 0. The average Bonchev–Trinajstić information content (AvgIpc) is 2.65. The van der Waals surface area contributed by atoms with Crippen molar-refractivity contribution < 1.29 is 9.72 Å². The van der Waals surface area contributed by atoms with Gasteiger partial charge in [0.2, 0.25) is 5.91 Å². The summed E-state index contributed by atoms with van der Waals surface area (Å²) in [6, 6.07) is 13.0. The molecule has 0 bridgehead atoms. The van der Waals surface area contributed by atoms with Crippen LogP contribution >= 0.6 is 15.9 Å². The third kappa shape index (κ3) is 4.93. The summed E-state index contributed by atoms with van der Waals surface area (Å²) >= 11 is 3.44. The summed E-state index contributed by atoms with van der Waals surface area (Å²) in [5, 5.41) is 13.9. The largest absolute Gasteiger partial charge is 0.325 e. The van der Waals surface area contributed by atoms with E-state index >= 15 is 0 Å². The number of piperidine rings is 1. The number of anilines is 1. The van der Waals surface area contributed by atoms with Gasteiger partial charge < -0.3 is 5.32 Å². The molecule has 6 nitrogen and oxygen atoms in total. The van der Waals surface area contributed by atoms with Crippen molar-refractivity contribution in [2.75, 3.05) is 18.4 Å². The predicted octanol–water partition coefficient (Wildman–Crippen LogP) is 4.52. The zero-order chi connectivity index (χ0) is 19.4. The summed E-state index contributed by atoms with van der Waals surface area (Å²) in [5.41, 5.74) is 2.29. The molecule has 0 atom stereocenters. The minimum Gasteiger partial charge on any atom is -0.325 e. The highest BCUT2D eigenvalue weighted by molar-refractivity contribution is 9.10. The van der Waals surface area contributed by atoms with Crippen molar-refractivity contribution >= 4 is 33.2 Å². The Hall–Kier alpha value is -2.25. The van der Waals surface area contributed by atoms with Crippen LogP contribution in [0.15, 0.2) is 46.9 Å². The minimum atomic E-state index is -0.425. The number of nitrogens with zero attached hydrogens (tertiary/aromatic N) is 2. The molecule has 0 unspecified atom stereocenters. The van der Waals surface area contributed by atoms with Gasteiger partial charge in [0.25, 0.3) is 5.69 Å². The Morgan fingerprint density at radius 1 is 1.22 bits per heavy atom. The number of amides is 1. The summed E-state index contributed by atoms with van der Waals surface area (Å²) in [5.74, 6) is -0.119. The molecule has 3 rings (SSSR count). The Balaban J connectivity index is 1.55. The van der Waals surface area contributed by atoms with E-state index in [1.807, 2.05) is 12.1 Å². The maximum absolute atomic E-state index is 12.6. The number of nitro benzene ring substituents is 1. The summed E-state index contributed by atoms with van der Waals surface area (Å²) in [6.07, 6.45) is 1.58. The number of hydrogen-bond acceptors (Lipinski definition) is 4. The van der Waals surface area contributed by atoms with Gasteiger partial charge in [-0.05, 0) is 56.6 Å². The lowest BCUT2D eigenvalue weighted by Gasteiger charge is -2.31. The van der Waals surface area contributed by atoms with Crippen LogP contribution in [0.2, 0.25) is 0 Å². The van der Waals surface area contributed by atoms with Crippen molar-refractivity contribution in [3.05, 3.63) is 68.2 Å². The molecule has 1 aliphatic rings. The normalized spacial score (nSPS) is 15.5. The number of carbonyl (C=O) groups excluding carboxylic acids is 1. The minimum absolute atomic E-state index is 0.0251. The Kier molecular flexibility index (Phi) is 6.23.